The Morgan fingerprint density at radius 1 is 1.00 bits per heavy atom. The average molecular weight is 455 g/mol. The van der Waals surface area contributed by atoms with E-state index in [0.29, 0.717) is 18.9 Å². The molecule has 166 valence electrons. The molecule has 2 aromatic carbocycles. The highest BCUT2D eigenvalue weighted by atomic mass is 32.2. The van der Waals surface area contributed by atoms with Gasteiger partial charge in [-0.3, -0.25) is 10.1 Å². The first kappa shape index (κ1) is 21.7. The highest BCUT2D eigenvalue weighted by Gasteiger charge is 2.33. The van der Waals surface area contributed by atoms with Crippen molar-refractivity contribution in [1.82, 2.24) is 14.3 Å². The van der Waals surface area contributed by atoms with E-state index in [-0.39, 0.29) is 18.0 Å². The molecule has 4 rings (SSSR count). The molecule has 3 aromatic rings. The van der Waals surface area contributed by atoms with E-state index in [2.05, 4.69) is 9.97 Å². The van der Waals surface area contributed by atoms with Crippen LogP contribution in [0.4, 0.5) is 11.5 Å². The summed E-state index contributed by atoms with van der Waals surface area (Å²) in [6.45, 7) is 1.18. The quantitative estimate of drug-likeness (QED) is 0.411. The summed E-state index contributed by atoms with van der Waals surface area (Å²) in [4.78, 5) is 20.9. The number of anilines is 1. The molecule has 1 saturated heterocycles. The molecule has 2 heterocycles. The molecule has 1 fully saturated rings. The van der Waals surface area contributed by atoms with Crippen LogP contribution >= 0.6 is 0 Å². The SMILES string of the molecule is COc1ccc(-c2cc(N3CCN(S(=O)(=O)c4ccccc4[N+](=O)[O-])CC3)ncn2)cc1. The number of nitrogens with zero attached hydrogens (tertiary/aromatic N) is 5. The first-order chi connectivity index (χ1) is 15.4. The summed E-state index contributed by atoms with van der Waals surface area (Å²) in [6, 6.07) is 14.8. The zero-order valence-corrected chi connectivity index (χ0v) is 18.1. The first-order valence-electron chi connectivity index (χ1n) is 9.85. The topological polar surface area (TPSA) is 119 Å². The fourth-order valence-electron chi connectivity index (χ4n) is 3.56. The Morgan fingerprint density at radius 3 is 2.34 bits per heavy atom. The standard InChI is InChI=1S/C21H21N5O5S/c1-31-17-8-6-16(7-9-17)18-14-21(23-15-22-18)24-10-12-25(13-11-24)32(29,30)20-5-3-2-4-19(20)26(27)28/h2-9,14-15H,10-13H2,1H3. The molecule has 11 heteroatoms. The van der Waals surface area contributed by atoms with E-state index < -0.39 is 20.6 Å². The Hall–Kier alpha value is -3.57. The van der Waals surface area contributed by atoms with Crippen LogP contribution in [-0.4, -0.2) is 60.9 Å². The van der Waals surface area contributed by atoms with Crippen molar-refractivity contribution in [2.24, 2.45) is 0 Å². The van der Waals surface area contributed by atoms with Crippen molar-refractivity contribution in [2.75, 3.05) is 38.2 Å². The minimum atomic E-state index is -3.98. The van der Waals surface area contributed by atoms with E-state index >= 15 is 0 Å². The van der Waals surface area contributed by atoms with Crippen LogP contribution < -0.4 is 9.64 Å². The van der Waals surface area contributed by atoms with Crippen LogP contribution in [0.15, 0.2) is 65.8 Å². The molecular weight excluding hydrogens is 434 g/mol. The second-order valence-electron chi connectivity index (χ2n) is 7.11. The van der Waals surface area contributed by atoms with E-state index in [9.17, 15) is 18.5 Å². The number of hydrogen-bond acceptors (Lipinski definition) is 8. The van der Waals surface area contributed by atoms with Crippen LogP contribution in [0.5, 0.6) is 5.75 Å². The molecule has 0 saturated carbocycles. The number of methoxy groups -OCH3 is 1. The number of para-hydroxylation sites is 1. The van der Waals surface area contributed by atoms with E-state index in [1.807, 2.05) is 35.2 Å². The van der Waals surface area contributed by atoms with Gasteiger partial charge in [-0.15, -0.1) is 0 Å². The lowest BCUT2D eigenvalue weighted by Gasteiger charge is -2.34. The lowest BCUT2D eigenvalue weighted by Crippen LogP contribution is -2.49. The van der Waals surface area contributed by atoms with Gasteiger partial charge in [-0.05, 0) is 30.3 Å². The molecule has 0 radical (unpaired) electrons. The Bertz CT molecular complexity index is 1230. The summed E-state index contributed by atoms with van der Waals surface area (Å²) < 4.78 is 32.5. The van der Waals surface area contributed by atoms with Crippen molar-refractivity contribution in [3.8, 4) is 17.0 Å². The molecule has 0 unspecified atom stereocenters. The van der Waals surface area contributed by atoms with Crippen molar-refractivity contribution in [2.45, 2.75) is 4.90 Å². The monoisotopic (exact) mass is 455 g/mol. The second kappa shape index (κ2) is 8.89. The van der Waals surface area contributed by atoms with Gasteiger partial charge in [0.2, 0.25) is 10.0 Å². The second-order valence-corrected chi connectivity index (χ2v) is 9.01. The van der Waals surface area contributed by atoms with E-state index in [4.69, 9.17) is 4.74 Å². The smallest absolute Gasteiger partial charge is 0.289 e. The van der Waals surface area contributed by atoms with Crippen LogP contribution in [-0.2, 0) is 10.0 Å². The number of piperazine rings is 1. The number of rotatable bonds is 6. The van der Waals surface area contributed by atoms with Crippen molar-refractivity contribution < 1.29 is 18.1 Å². The maximum absolute atomic E-state index is 13.0. The van der Waals surface area contributed by atoms with Gasteiger partial charge < -0.3 is 9.64 Å². The predicted molar refractivity (Wildman–Crippen MR) is 118 cm³/mol. The number of benzene rings is 2. The molecule has 0 spiro atoms. The van der Waals surface area contributed by atoms with Crippen LogP contribution in [0.1, 0.15) is 0 Å². The van der Waals surface area contributed by atoms with Crippen LogP contribution in [0.25, 0.3) is 11.3 Å². The number of nitro benzene ring substituents is 1. The van der Waals surface area contributed by atoms with Crippen molar-refractivity contribution in [3.63, 3.8) is 0 Å². The van der Waals surface area contributed by atoms with Crippen LogP contribution in [0.2, 0.25) is 0 Å². The average Bonchev–Trinajstić information content (AvgIpc) is 2.84. The summed E-state index contributed by atoms with van der Waals surface area (Å²) in [5.74, 6) is 1.44. The molecule has 1 aliphatic heterocycles. The van der Waals surface area contributed by atoms with Gasteiger partial charge in [0, 0.05) is 43.9 Å². The molecule has 0 amide bonds. The molecule has 1 aromatic heterocycles. The Morgan fingerprint density at radius 2 is 1.69 bits per heavy atom. The normalized spacial score (nSPS) is 14.8. The fourth-order valence-corrected chi connectivity index (χ4v) is 5.14. The van der Waals surface area contributed by atoms with Gasteiger partial charge in [0.1, 0.15) is 17.9 Å². The third kappa shape index (κ3) is 4.25. The summed E-state index contributed by atoms with van der Waals surface area (Å²) in [5, 5.41) is 11.3. The van der Waals surface area contributed by atoms with Gasteiger partial charge in [-0.25, -0.2) is 18.4 Å². The van der Waals surface area contributed by atoms with Gasteiger partial charge >= 0.3 is 0 Å². The fraction of sp³-hybridized carbons (Fsp3) is 0.238. The molecule has 10 nitrogen and oxygen atoms in total. The van der Waals surface area contributed by atoms with E-state index in [1.165, 1.54) is 34.9 Å². The molecular formula is C21H21N5O5S. The van der Waals surface area contributed by atoms with Gasteiger partial charge in [0.25, 0.3) is 5.69 Å². The molecule has 32 heavy (non-hydrogen) atoms. The number of sulfonamides is 1. The van der Waals surface area contributed by atoms with Gasteiger partial charge in [-0.2, -0.15) is 4.31 Å². The summed E-state index contributed by atoms with van der Waals surface area (Å²) in [7, 11) is -2.38. The van der Waals surface area contributed by atoms with E-state index in [0.717, 1.165) is 17.0 Å². The van der Waals surface area contributed by atoms with Crippen molar-refractivity contribution >= 4 is 21.5 Å². The zero-order chi connectivity index (χ0) is 22.7. The number of hydrogen-bond donors (Lipinski definition) is 0. The lowest BCUT2D eigenvalue weighted by atomic mass is 10.1. The number of nitro groups is 1. The summed E-state index contributed by atoms with van der Waals surface area (Å²) in [6.07, 6.45) is 1.48. The lowest BCUT2D eigenvalue weighted by molar-refractivity contribution is -0.387. The molecule has 0 aliphatic carbocycles. The van der Waals surface area contributed by atoms with E-state index in [1.54, 1.807) is 7.11 Å². The van der Waals surface area contributed by atoms with Crippen molar-refractivity contribution in [1.29, 1.82) is 0 Å². The maximum Gasteiger partial charge on any atom is 0.289 e. The molecule has 1 aliphatic rings. The highest BCUT2D eigenvalue weighted by molar-refractivity contribution is 7.89. The van der Waals surface area contributed by atoms with Gasteiger partial charge in [-0.1, -0.05) is 12.1 Å². The zero-order valence-electron chi connectivity index (χ0n) is 17.3. The Balaban J connectivity index is 1.50. The molecule has 0 N–H and O–H groups in total. The maximum atomic E-state index is 13.0. The minimum Gasteiger partial charge on any atom is -0.497 e. The Labute approximate surface area is 185 Å². The van der Waals surface area contributed by atoms with Crippen molar-refractivity contribution in [3.05, 3.63) is 71.0 Å². The molecule has 0 atom stereocenters. The largest absolute Gasteiger partial charge is 0.497 e. The Kier molecular flexibility index (Phi) is 6.01. The minimum absolute atomic E-state index is 0.191. The van der Waals surface area contributed by atoms with Gasteiger partial charge in [0.05, 0.1) is 17.7 Å². The molecule has 0 bridgehead atoms. The third-order valence-corrected chi connectivity index (χ3v) is 7.23. The third-order valence-electron chi connectivity index (χ3n) is 5.28. The van der Waals surface area contributed by atoms with Crippen LogP contribution in [0.3, 0.4) is 0 Å². The van der Waals surface area contributed by atoms with Crippen LogP contribution in [0, 0.1) is 10.1 Å². The number of ether oxygens (including phenoxy) is 1. The predicted octanol–water partition coefficient (Wildman–Crippen LogP) is 2.57. The number of aromatic nitrogens is 2. The summed E-state index contributed by atoms with van der Waals surface area (Å²) >= 11 is 0. The summed E-state index contributed by atoms with van der Waals surface area (Å²) in [5.41, 5.74) is 1.23. The first-order valence-corrected chi connectivity index (χ1v) is 11.3. The highest BCUT2D eigenvalue weighted by Crippen LogP contribution is 2.28. The van der Waals surface area contributed by atoms with Gasteiger partial charge in [0.15, 0.2) is 4.90 Å².